The summed E-state index contributed by atoms with van der Waals surface area (Å²) in [5, 5.41) is 2.56. The third-order valence-corrected chi connectivity index (χ3v) is 6.78. The Bertz CT molecular complexity index is 1670. The minimum Gasteiger partial charge on any atom is -0.495 e. The van der Waals surface area contributed by atoms with Crippen molar-refractivity contribution in [2.75, 3.05) is 19.5 Å². The maximum Gasteiger partial charge on any atom is 0.337 e. The van der Waals surface area contributed by atoms with Gasteiger partial charge in [0.15, 0.2) is 5.78 Å². The molecule has 1 atom stereocenters. The molecular weight excluding hydrogens is 551 g/mol. The van der Waals surface area contributed by atoms with Crippen LogP contribution in [0.4, 0.5) is 10.1 Å². The molecule has 210 valence electrons. The fraction of sp³-hybridized carbons (Fsp3) is 0.161. The van der Waals surface area contributed by atoms with Crippen LogP contribution in [0.25, 0.3) is 11.1 Å². The van der Waals surface area contributed by atoms with E-state index in [-0.39, 0.29) is 33.9 Å². The van der Waals surface area contributed by atoms with E-state index in [0.29, 0.717) is 11.3 Å². The molecule has 1 amide bonds. The summed E-state index contributed by atoms with van der Waals surface area (Å²) in [6.07, 6.45) is 1.45. The van der Waals surface area contributed by atoms with Crippen molar-refractivity contribution in [1.29, 1.82) is 0 Å². The zero-order chi connectivity index (χ0) is 29.7. The first-order valence-corrected chi connectivity index (χ1v) is 12.8. The highest BCUT2D eigenvalue weighted by molar-refractivity contribution is 6.31. The number of ether oxygens (including phenoxy) is 2. The quantitative estimate of drug-likeness (QED) is 0.202. The molecule has 0 saturated heterocycles. The number of ketones is 1. The van der Waals surface area contributed by atoms with Crippen LogP contribution in [-0.4, -0.2) is 36.4 Å². The molecule has 4 aromatic rings. The maximum atomic E-state index is 15.2. The maximum absolute atomic E-state index is 15.2. The van der Waals surface area contributed by atoms with Crippen molar-refractivity contribution in [1.82, 2.24) is 4.57 Å². The number of hydrogen-bond acceptors (Lipinski definition) is 6. The molecule has 0 aliphatic carbocycles. The molecule has 0 aliphatic rings. The predicted molar refractivity (Wildman–Crippen MR) is 153 cm³/mol. The number of carbonyl (C=O) groups excluding carboxylic acids is 3. The number of esters is 1. The summed E-state index contributed by atoms with van der Waals surface area (Å²) < 4.78 is 26.6. The lowest BCUT2D eigenvalue weighted by Crippen LogP contribution is -2.34. The minimum atomic E-state index is -1.05. The Balaban J connectivity index is 1.80. The highest BCUT2D eigenvalue weighted by Crippen LogP contribution is 2.37. The van der Waals surface area contributed by atoms with Gasteiger partial charge < -0.3 is 14.8 Å². The zero-order valence-corrected chi connectivity index (χ0v) is 23.2. The second-order valence-corrected chi connectivity index (χ2v) is 9.51. The van der Waals surface area contributed by atoms with Crippen LogP contribution in [0.2, 0.25) is 5.02 Å². The molecule has 0 saturated carbocycles. The molecule has 41 heavy (non-hydrogen) atoms. The van der Waals surface area contributed by atoms with E-state index in [0.717, 1.165) is 11.6 Å². The number of nitrogens with zero attached hydrogens (tertiary/aromatic N) is 1. The van der Waals surface area contributed by atoms with Crippen LogP contribution in [-0.2, 0) is 16.0 Å². The number of halogens is 2. The van der Waals surface area contributed by atoms with E-state index < -0.39 is 35.1 Å². The molecule has 0 fully saturated rings. The molecule has 4 rings (SSSR count). The van der Waals surface area contributed by atoms with Gasteiger partial charge in [-0.2, -0.15) is 0 Å². The first-order chi connectivity index (χ1) is 19.6. The molecular formula is C31H26ClFN2O6. The number of amides is 1. The minimum absolute atomic E-state index is 0.0243. The molecule has 0 spiro atoms. The number of methoxy groups -OCH3 is 2. The summed E-state index contributed by atoms with van der Waals surface area (Å²) in [6.45, 7) is 1.28. The fourth-order valence-corrected chi connectivity index (χ4v) is 4.58. The van der Waals surface area contributed by atoms with Gasteiger partial charge in [-0.25, -0.2) is 9.18 Å². The van der Waals surface area contributed by atoms with Crippen LogP contribution in [0.5, 0.6) is 5.75 Å². The summed E-state index contributed by atoms with van der Waals surface area (Å²) in [4.78, 5) is 51.2. The van der Waals surface area contributed by atoms with Gasteiger partial charge in [0.05, 0.1) is 31.0 Å². The van der Waals surface area contributed by atoms with Crippen LogP contribution >= 0.6 is 11.6 Å². The number of benzene rings is 3. The van der Waals surface area contributed by atoms with Crippen molar-refractivity contribution < 1.29 is 28.2 Å². The first-order valence-electron chi connectivity index (χ1n) is 12.5. The Morgan fingerprint density at radius 3 is 2.29 bits per heavy atom. The highest BCUT2D eigenvalue weighted by atomic mass is 35.5. The van der Waals surface area contributed by atoms with Gasteiger partial charge in [-0.3, -0.25) is 19.0 Å². The number of hydrogen-bond donors (Lipinski definition) is 1. The van der Waals surface area contributed by atoms with Crippen molar-refractivity contribution in [2.24, 2.45) is 0 Å². The van der Waals surface area contributed by atoms with Crippen LogP contribution in [0.1, 0.15) is 39.2 Å². The van der Waals surface area contributed by atoms with E-state index in [1.165, 1.54) is 56.2 Å². The summed E-state index contributed by atoms with van der Waals surface area (Å²) >= 11 is 6.01. The van der Waals surface area contributed by atoms with Crippen molar-refractivity contribution in [3.63, 3.8) is 0 Å². The number of rotatable bonds is 9. The summed E-state index contributed by atoms with van der Waals surface area (Å²) in [6, 6.07) is 17.9. The van der Waals surface area contributed by atoms with Crippen molar-refractivity contribution >= 4 is 34.9 Å². The molecule has 0 bridgehead atoms. The van der Waals surface area contributed by atoms with E-state index in [1.54, 1.807) is 12.1 Å². The van der Waals surface area contributed by atoms with E-state index in [2.05, 4.69) is 5.32 Å². The molecule has 1 aromatic heterocycles. The molecule has 0 radical (unpaired) electrons. The van der Waals surface area contributed by atoms with E-state index in [4.69, 9.17) is 21.1 Å². The molecule has 1 N–H and O–H groups in total. The average molecular weight is 577 g/mol. The Labute approximate surface area is 240 Å². The summed E-state index contributed by atoms with van der Waals surface area (Å²) in [5.74, 6) is -2.28. The van der Waals surface area contributed by atoms with Crippen molar-refractivity contribution in [3.8, 4) is 16.9 Å². The lowest BCUT2D eigenvalue weighted by molar-refractivity contribution is -0.119. The van der Waals surface area contributed by atoms with Gasteiger partial charge in [0, 0.05) is 34.9 Å². The van der Waals surface area contributed by atoms with Gasteiger partial charge in [-0.1, -0.05) is 41.9 Å². The number of nitrogens with one attached hydrogen (secondary N) is 1. The van der Waals surface area contributed by atoms with Gasteiger partial charge in [0.1, 0.15) is 17.6 Å². The molecule has 1 heterocycles. The lowest BCUT2D eigenvalue weighted by atomic mass is 9.96. The monoisotopic (exact) mass is 576 g/mol. The van der Waals surface area contributed by atoms with E-state index >= 15 is 4.39 Å². The number of Topliss-reactive ketones (excluding diaryl/α,β-unsaturated/α-hetero) is 1. The lowest BCUT2D eigenvalue weighted by Gasteiger charge is -2.22. The number of carbonyl (C=O) groups is 3. The average Bonchev–Trinajstić information content (AvgIpc) is 2.97. The number of aromatic nitrogens is 1. The van der Waals surface area contributed by atoms with Crippen LogP contribution < -0.4 is 15.6 Å². The number of anilines is 1. The topological polar surface area (TPSA) is 104 Å². The van der Waals surface area contributed by atoms with Crippen molar-refractivity contribution in [2.45, 2.75) is 19.4 Å². The van der Waals surface area contributed by atoms with Crippen molar-refractivity contribution in [3.05, 3.63) is 117 Å². The fourth-order valence-electron chi connectivity index (χ4n) is 4.43. The van der Waals surface area contributed by atoms with Gasteiger partial charge >= 0.3 is 5.97 Å². The standard InChI is InChI=1S/C31H26ClFN2O6/c1-18(36)22-13-14-24(32)29(33)28(22)23-16-27(37)35(17-26(23)40-2)25(15-19-7-5-4-6-8-19)30(38)34-21-11-9-20(10-12-21)31(39)41-3/h4-14,16-17,25H,15H2,1-3H3,(H,34,38). The summed E-state index contributed by atoms with van der Waals surface area (Å²) in [7, 11) is 2.60. The van der Waals surface area contributed by atoms with Gasteiger partial charge in [0.2, 0.25) is 5.91 Å². The molecule has 1 unspecified atom stereocenters. The molecule has 8 nitrogen and oxygen atoms in total. The first kappa shape index (κ1) is 29.2. The Hall–Kier alpha value is -4.76. The Kier molecular flexibility index (Phi) is 8.99. The van der Waals surface area contributed by atoms with Gasteiger partial charge in [0.25, 0.3) is 5.56 Å². The molecule has 0 aliphatic heterocycles. The SMILES string of the molecule is COC(=O)c1ccc(NC(=O)C(Cc2ccccc2)n2cc(OC)c(-c3c(C(C)=O)ccc(Cl)c3F)cc2=O)cc1. The van der Waals surface area contributed by atoms with Gasteiger partial charge in [-0.05, 0) is 48.9 Å². The van der Waals surface area contributed by atoms with Crippen LogP contribution in [0.3, 0.4) is 0 Å². The molecule has 3 aromatic carbocycles. The van der Waals surface area contributed by atoms with E-state index in [9.17, 15) is 19.2 Å². The molecule has 10 heteroatoms. The van der Waals surface area contributed by atoms with Crippen LogP contribution in [0.15, 0.2) is 83.8 Å². The Morgan fingerprint density at radius 1 is 1.00 bits per heavy atom. The second-order valence-electron chi connectivity index (χ2n) is 9.10. The van der Waals surface area contributed by atoms with E-state index in [1.807, 2.05) is 30.3 Å². The van der Waals surface area contributed by atoms with Crippen LogP contribution in [0, 0.1) is 5.82 Å². The second kappa shape index (κ2) is 12.6. The zero-order valence-electron chi connectivity index (χ0n) is 22.4. The third kappa shape index (κ3) is 6.36. The normalized spacial score (nSPS) is 11.4. The third-order valence-electron chi connectivity index (χ3n) is 6.49. The predicted octanol–water partition coefficient (Wildman–Crippen LogP) is 5.73. The van der Waals surface area contributed by atoms with Gasteiger partial charge in [-0.15, -0.1) is 0 Å². The number of pyridine rings is 1. The Morgan fingerprint density at radius 2 is 1.68 bits per heavy atom. The summed E-state index contributed by atoms with van der Waals surface area (Å²) in [5.41, 5.74) is 0.731. The smallest absolute Gasteiger partial charge is 0.337 e. The largest absolute Gasteiger partial charge is 0.495 e. The highest BCUT2D eigenvalue weighted by Gasteiger charge is 2.26.